The fourth-order valence-corrected chi connectivity index (χ4v) is 1.48. The molecule has 0 bridgehead atoms. The van der Waals surface area contributed by atoms with Gasteiger partial charge in [-0.2, -0.15) is 0 Å². The normalized spacial score (nSPS) is 29.7. The molecule has 0 saturated heterocycles. The van der Waals surface area contributed by atoms with Crippen LogP contribution in [0.5, 0.6) is 0 Å². The molecular formula is C9H17N2+. The quantitative estimate of drug-likeness (QED) is 0.538. The first-order valence-electron chi connectivity index (χ1n) is 4.12. The maximum Gasteiger partial charge on any atom is 0.204 e. The van der Waals surface area contributed by atoms with Crippen molar-refractivity contribution in [1.82, 2.24) is 0 Å². The Bertz CT molecular complexity index is 204. The van der Waals surface area contributed by atoms with Crippen LogP contribution in [0.2, 0.25) is 0 Å². The number of amidine groups is 1. The topological polar surface area (TPSA) is 12.4 Å². The Morgan fingerprint density at radius 2 is 2.18 bits per heavy atom. The summed E-state index contributed by atoms with van der Waals surface area (Å²) in [5, 5.41) is 0. The van der Waals surface area contributed by atoms with Gasteiger partial charge >= 0.3 is 0 Å². The first kappa shape index (κ1) is 8.47. The van der Waals surface area contributed by atoms with Gasteiger partial charge in [-0.05, 0) is 0 Å². The Kier molecular flexibility index (Phi) is 2.14. The van der Waals surface area contributed by atoms with Gasteiger partial charge in [-0.25, -0.2) is 4.99 Å². The third kappa shape index (κ3) is 1.69. The van der Waals surface area contributed by atoms with Crippen molar-refractivity contribution < 1.29 is 4.48 Å². The molecule has 0 N–H and O–H groups in total. The fourth-order valence-electron chi connectivity index (χ4n) is 1.48. The third-order valence-corrected chi connectivity index (χ3v) is 2.14. The number of hydrogen-bond donors (Lipinski definition) is 0. The van der Waals surface area contributed by atoms with E-state index >= 15 is 0 Å². The lowest BCUT2D eigenvalue weighted by atomic mass is 10.2. The minimum Gasteiger partial charge on any atom is -0.253 e. The van der Waals surface area contributed by atoms with Gasteiger partial charge < -0.3 is 0 Å². The van der Waals surface area contributed by atoms with E-state index in [1.54, 1.807) is 0 Å². The molecule has 1 unspecified atom stereocenters. The molecule has 1 rings (SSSR count). The standard InChI is InChI=1S/C9H17N2/c1-8(2)7-11(4)6-5-10-9(11)3/h5-6,8H,7H2,1-4H3/q+1. The second-order valence-corrected chi connectivity index (χ2v) is 3.82. The lowest BCUT2D eigenvalue weighted by Gasteiger charge is -2.27. The molecular weight excluding hydrogens is 136 g/mol. The van der Waals surface area contributed by atoms with Gasteiger partial charge in [0.15, 0.2) is 0 Å². The maximum atomic E-state index is 4.25. The van der Waals surface area contributed by atoms with Crippen LogP contribution in [0.1, 0.15) is 20.8 Å². The van der Waals surface area contributed by atoms with Crippen LogP contribution in [0.3, 0.4) is 0 Å². The van der Waals surface area contributed by atoms with Gasteiger partial charge in [0.1, 0.15) is 6.20 Å². The largest absolute Gasteiger partial charge is 0.253 e. The van der Waals surface area contributed by atoms with Crippen LogP contribution in [0.25, 0.3) is 0 Å². The van der Waals surface area contributed by atoms with Crippen LogP contribution < -0.4 is 0 Å². The molecule has 1 aliphatic rings. The van der Waals surface area contributed by atoms with E-state index in [0.717, 1.165) is 11.0 Å². The van der Waals surface area contributed by atoms with E-state index in [9.17, 15) is 0 Å². The molecule has 0 aliphatic carbocycles. The van der Waals surface area contributed by atoms with Crippen molar-refractivity contribution >= 4 is 5.84 Å². The van der Waals surface area contributed by atoms with Gasteiger partial charge in [0.25, 0.3) is 0 Å². The highest BCUT2D eigenvalue weighted by molar-refractivity contribution is 5.75. The van der Waals surface area contributed by atoms with Crippen molar-refractivity contribution in [2.75, 3.05) is 13.6 Å². The highest BCUT2D eigenvalue weighted by Gasteiger charge is 2.27. The molecule has 0 amide bonds. The molecule has 0 radical (unpaired) electrons. The highest BCUT2D eigenvalue weighted by atomic mass is 15.4. The van der Waals surface area contributed by atoms with Gasteiger partial charge in [0.2, 0.25) is 5.84 Å². The predicted octanol–water partition coefficient (Wildman–Crippen LogP) is 1.99. The van der Waals surface area contributed by atoms with Crippen LogP contribution in [0, 0.1) is 5.92 Å². The molecule has 0 aromatic carbocycles. The van der Waals surface area contributed by atoms with E-state index in [1.807, 2.05) is 6.20 Å². The summed E-state index contributed by atoms with van der Waals surface area (Å²) in [6.45, 7) is 7.71. The molecule has 1 aliphatic heterocycles. The minimum atomic E-state index is 0.716. The Hall–Kier alpha value is -0.630. The lowest BCUT2D eigenvalue weighted by Crippen LogP contribution is -2.43. The summed E-state index contributed by atoms with van der Waals surface area (Å²) in [5.41, 5.74) is 0. The molecule has 2 nitrogen and oxygen atoms in total. The third-order valence-electron chi connectivity index (χ3n) is 2.14. The molecule has 0 aromatic heterocycles. The molecule has 2 heteroatoms. The monoisotopic (exact) mass is 153 g/mol. The minimum absolute atomic E-state index is 0.716. The summed E-state index contributed by atoms with van der Waals surface area (Å²) in [6.07, 6.45) is 4.05. The summed E-state index contributed by atoms with van der Waals surface area (Å²) < 4.78 is 0.887. The lowest BCUT2D eigenvalue weighted by molar-refractivity contribution is -0.768. The Morgan fingerprint density at radius 3 is 2.55 bits per heavy atom. The molecule has 0 aromatic rings. The van der Waals surface area contributed by atoms with Gasteiger partial charge in [-0.1, -0.05) is 13.8 Å². The average Bonchev–Trinajstić information content (AvgIpc) is 2.11. The van der Waals surface area contributed by atoms with Gasteiger partial charge in [0, 0.05) is 12.8 Å². The summed E-state index contributed by atoms with van der Waals surface area (Å²) in [5.74, 6) is 1.91. The van der Waals surface area contributed by atoms with Crippen LogP contribution >= 0.6 is 0 Å². The average molecular weight is 153 g/mol. The molecule has 11 heavy (non-hydrogen) atoms. The number of hydrogen-bond acceptors (Lipinski definition) is 1. The molecule has 0 fully saturated rings. The summed E-state index contributed by atoms with van der Waals surface area (Å²) in [4.78, 5) is 4.25. The van der Waals surface area contributed by atoms with Gasteiger partial charge in [-0.15, -0.1) is 0 Å². The zero-order valence-electron chi connectivity index (χ0n) is 7.83. The van der Waals surface area contributed by atoms with Crippen LogP contribution in [-0.2, 0) is 0 Å². The van der Waals surface area contributed by atoms with E-state index < -0.39 is 0 Å². The van der Waals surface area contributed by atoms with Crippen molar-refractivity contribution in [1.29, 1.82) is 0 Å². The van der Waals surface area contributed by atoms with E-state index in [0.29, 0.717) is 5.92 Å². The summed E-state index contributed by atoms with van der Waals surface area (Å²) in [6, 6.07) is 0. The SMILES string of the molecule is CC1=NC=C[N+]1(C)CC(C)C. The van der Waals surface area contributed by atoms with Crippen molar-refractivity contribution in [2.45, 2.75) is 20.8 Å². The van der Waals surface area contributed by atoms with Gasteiger partial charge in [-0.3, -0.25) is 4.48 Å². The molecule has 0 saturated carbocycles. The smallest absolute Gasteiger partial charge is 0.204 e. The second kappa shape index (κ2) is 2.78. The molecule has 62 valence electrons. The van der Waals surface area contributed by atoms with Crippen LogP contribution in [0.15, 0.2) is 17.4 Å². The first-order chi connectivity index (χ1) is 5.04. The fraction of sp³-hybridized carbons (Fsp3) is 0.667. The maximum absolute atomic E-state index is 4.25. The zero-order valence-corrected chi connectivity index (χ0v) is 7.83. The van der Waals surface area contributed by atoms with E-state index in [-0.39, 0.29) is 0 Å². The molecule has 1 heterocycles. The van der Waals surface area contributed by atoms with E-state index in [1.165, 1.54) is 5.84 Å². The Balaban J connectivity index is 2.68. The molecule has 1 atom stereocenters. The highest BCUT2D eigenvalue weighted by Crippen LogP contribution is 2.15. The van der Waals surface area contributed by atoms with Crippen LogP contribution in [0.4, 0.5) is 0 Å². The van der Waals surface area contributed by atoms with Crippen molar-refractivity contribution in [3.63, 3.8) is 0 Å². The predicted molar refractivity (Wildman–Crippen MR) is 48.1 cm³/mol. The summed E-state index contributed by atoms with van der Waals surface area (Å²) >= 11 is 0. The van der Waals surface area contributed by atoms with Crippen molar-refractivity contribution in [2.24, 2.45) is 10.9 Å². The van der Waals surface area contributed by atoms with Gasteiger partial charge in [0.05, 0.1) is 19.8 Å². The van der Waals surface area contributed by atoms with Crippen molar-refractivity contribution in [3.8, 4) is 0 Å². The van der Waals surface area contributed by atoms with E-state index in [4.69, 9.17) is 0 Å². The first-order valence-corrected chi connectivity index (χ1v) is 4.12. The Labute approximate surface area is 68.8 Å². The van der Waals surface area contributed by atoms with E-state index in [2.05, 4.69) is 39.0 Å². The number of nitrogens with zero attached hydrogens (tertiary/aromatic N) is 2. The van der Waals surface area contributed by atoms with Crippen LogP contribution in [-0.4, -0.2) is 23.9 Å². The number of rotatable bonds is 2. The Morgan fingerprint density at radius 1 is 1.55 bits per heavy atom. The number of quaternary nitrogens is 1. The number of aliphatic imine (C=N–C) groups is 1. The molecule has 0 spiro atoms. The zero-order chi connectivity index (χ0) is 8.48. The van der Waals surface area contributed by atoms with Crippen molar-refractivity contribution in [3.05, 3.63) is 12.4 Å². The second-order valence-electron chi connectivity index (χ2n) is 3.82. The summed E-state index contributed by atoms with van der Waals surface area (Å²) in [7, 11) is 2.20.